The zero-order chi connectivity index (χ0) is 16.5. The normalized spacial score (nSPS) is 23.5. The molecule has 1 N–H and O–H groups in total. The molecule has 24 heavy (non-hydrogen) atoms. The Balaban J connectivity index is 1.68. The number of fused-ring (bicyclic) bond motifs is 1. The highest BCUT2D eigenvalue weighted by Gasteiger charge is 2.36. The summed E-state index contributed by atoms with van der Waals surface area (Å²) in [5, 5.41) is 2.81. The minimum atomic E-state index is -0.202. The third-order valence-electron chi connectivity index (χ3n) is 5.03. The van der Waals surface area contributed by atoms with Crippen LogP contribution in [0.25, 0.3) is 0 Å². The molecule has 1 aromatic heterocycles. The number of aromatic nitrogens is 1. The third kappa shape index (κ3) is 2.60. The molecular formula is C19H21N3O2. The zero-order valence-electron chi connectivity index (χ0n) is 13.5. The summed E-state index contributed by atoms with van der Waals surface area (Å²) in [5.41, 5.74) is 2.26. The van der Waals surface area contributed by atoms with Crippen LogP contribution in [0.3, 0.4) is 0 Å². The van der Waals surface area contributed by atoms with E-state index < -0.39 is 0 Å². The summed E-state index contributed by atoms with van der Waals surface area (Å²) in [6, 6.07) is 14.2. The fourth-order valence-corrected chi connectivity index (χ4v) is 3.84. The fraction of sp³-hybridized carbons (Fsp3) is 0.368. The van der Waals surface area contributed by atoms with Gasteiger partial charge >= 0.3 is 0 Å². The lowest BCUT2D eigenvalue weighted by Gasteiger charge is -2.39. The van der Waals surface area contributed by atoms with E-state index in [2.05, 4.69) is 34.3 Å². The summed E-state index contributed by atoms with van der Waals surface area (Å²) in [5.74, 6) is -0.117. The van der Waals surface area contributed by atoms with E-state index in [1.807, 2.05) is 29.2 Å². The monoisotopic (exact) mass is 323 g/mol. The molecule has 0 radical (unpaired) electrons. The maximum Gasteiger partial charge on any atom is 0.227 e. The Bertz CT molecular complexity index is 753. The summed E-state index contributed by atoms with van der Waals surface area (Å²) in [6.07, 6.45) is 3.10. The molecule has 0 unspecified atom stereocenters. The molecule has 2 aromatic rings. The number of benzene rings is 1. The molecule has 3 heterocycles. The maximum absolute atomic E-state index is 13.2. The van der Waals surface area contributed by atoms with Crippen molar-refractivity contribution < 1.29 is 9.59 Å². The highest BCUT2D eigenvalue weighted by atomic mass is 16.2. The summed E-state index contributed by atoms with van der Waals surface area (Å²) in [4.78, 5) is 26.8. The van der Waals surface area contributed by atoms with E-state index in [1.165, 1.54) is 0 Å². The van der Waals surface area contributed by atoms with Crippen molar-refractivity contribution in [3.05, 3.63) is 59.9 Å². The Morgan fingerprint density at radius 1 is 1.08 bits per heavy atom. The van der Waals surface area contributed by atoms with Gasteiger partial charge in [0.25, 0.3) is 0 Å². The first-order valence-corrected chi connectivity index (χ1v) is 8.51. The van der Waals surface area contributed by atoms with Gasteiger partial charge in [-0.05, 0) is 24.1 Å². The van der Waals surface area contributed by atoms with Crippen LogP contribution in [0.5, 0.6) is 0 Å². The largest absolute Gasteiger partial charge is 0.356 e. The molecule has 0 spiro atoms. The van der Waals surface area contributed by atoms with Gasteiger partial charge in [-0.15, -0.1) is 0 Å². The van der Waals surface area contributed by atoms with Gasteiger partial charge in [0, 0.05) is 43.9 Å². The van der Waals surface area contributed by atoms with Gasteiger partial charge in [0.15, 0.2) is 0 Å². The van der Waals surface area contributed by atoms with Gasteiger partial charge in [0.05, 0.1) is 6.04 Å². The lowest BCUT2D eigenvalue weighted by atomic mass is 9.92. The molecule has 1 saturated heterocycles. The Labute approximate surface area is 141 Å². The molecule has 5 heteroatoms. The van der Waals surface area contributed by atoms with Crippen molar-refractivity contribution in [3.63, 3.8) is 0 Å². The van der Waals surface area contributed by atoms with E-state index in [0.29, 0.717) is 19.5 Å². The number of nitrogens with one attached hydrogen (secondary N) is 1. The van der Waals surface area contributed by atoms with Gasteiger partial charge in [-0.3, -0.25) is 9.59 Å². The Hall–Kier alpha value is -2.56. The van der Waals surface area contributed by atoms with Crippen LogP contribution in [0.4, 0.5) is 0 Å². The van der Waals surface area contributed by atoms with Crippen LogP contribution >= 0.6 is 0 Å². The van der Waals surface area contributed by atoms with E-state index in [-0.39, 0.29) is 23.8 Å². The van der Waals surface area contributed by atoms with Crippen LogP contribution in [0.1, 0.15) is 30.1 Å². The van der Waals surface area contributed by atoms with Gasteiger partial charge in [-0.1, -0.05) is 30.3 Å². The van der Waals surface area contributed by atoms with E-state index >= 15 is 0 Å². The molecule has 124 valence electrons. The number of amides is 2. The number of rotatable bonds is 2. The topological polar surface area (TPSA) is 54.3 Å². The van der Waals surface area contributed by atoms with Crippen LogP contribution < -0.4 is 5.32 Å². The van der Waals surface area contributed by atoms with E-state index in [0.717, 1.165) is 24.2 Å². The second-order valence-electron chi connectivity index (χ2n) is 6.51. The smallest absolute Gasteiger partial charge is 0.227 e. The minimum absolute atomic E-state index is 0.0174. The number of piperidine rings is 1. The first kappa shape index (κ1) is 15.0. The average molecular weight is 323 g/mol. The predicted octanol–water partition coefficient (Wildman–Crippen LogP) is 1.95. The molecule has 2 aliphatic heterocycles. The third-order valence-corrected chi connectivity index (χ3v) is 5.03. The lowest BCUT2D eigenvalue weighted by molar-refractivity contribution is -0.142. The first-order chi connectivity index (χ1) is 11.7. The van der Waals surface area contributed by atoms with Crippen LogP contribution in [0, 0.1) is 5.92 Å². The number of carbonyl (C=O) groups is 2. The molecule has 2 atom stereocenters. The Morgan fingerprint density at radius 2 is 1.92 bits per heavy atom. The molecule has 0 saturated carbocycles. The van der Waals surface area contributed by atoms with Gasteiger partial charge in [-0.25, -0.2) is 0 Å². The number of hydrogen-bond donors (Lipinski definition) is 1. The predicted molar refractivity (Wildman–Crippen MR) is 90.2 cm³/mol. The van der Waals surface area contributed by atoms with Crippen molar-refractivity contribution in [3.8, 4) is 0 Å². The minimum Gasteiger partial charge on any atom is -0.356 e. The molecule has 1 fully saturated rings. The lowest BCUT2D eigenvalue weighted by Crippen LogP contribution is -2.48. The summed E-state index contributed by atoms with van der Waals surface area (Å²) in [6.45, 7) is 2.07. The second kappa shape index (κ2) is 6.15. The standard InChI is InChI=1S/C19H21N3O2/c23-17-13-15(8-9-20-17)19(24)22-12-11-21-10-4-7-16(21)18(22)14-5-2-1-3-6-14/h1-7,10,15,18H,8-9,11-13H2,(H,20,23)/t15-,18+/m1/s1. The quantitative estimate of drug-likeness (QED) is 0.918. The van der Waals surface area contributed by atoms with Crippen LogP contribution in [-0.4, -0.2) is 34.4 Å². The molecule has 2 amide bonds. The molecule has 0 bridgehead atoms. The molecule has 5 nitrogen and oxygen atoms in total. The number of nitrogens with zero attached hydrogens (tertiary/aromatic N) is 2. The van der Waals surface area contributed by atoms with Crippen molar-refractivity contribution in [2.45, 2.75) is 25.4 Å². The SMILES string of the molecule is O=C1C[C@H](C(=O)N2CCn3cccc3[C@@H]2c2ccccc2)CCN1. The van der Waals surface area contributed by atoms with Crippen molar-refractivity contribution >= 4 is 11.8 Å². The Kier molecular flexibility index (Phi) is 3.84. The van der Waals surface area contributed by atoms with Crippen LogP contribution in [0.2, 0.25) is 0 Å². The molecule has 4 rings (SSSR count). The van der Waals surface area contributed by atoms with E-state index in [4.69, 9.17) is 0 Å². The van der Waals surface area contributed by atoms with Crippen LogP contribution in [-0.2, 0) is 16.1 Å². The van der Waals surface area contributed by atoms with Crippen molar-refractivity contribution in [2.24, 2.45) is 5.92 Å². The fourth-order valence-electron chi connectivity index (χ4n) is 3.84. The number of hydrogen-bond acceptors (Lipinski definition) is 2. The molecule has 2 aliphatic rings. The van der Waals surface area contributed by atoms with Crippen molar-refractivity contribution in [2.75, 3.05) is 13.1 Å². The molecular weight excluding hydrogens is 302 g/mol. The maximum atomic E-state index is 13.2. The average Bonchev–Trinajstić information content (AvgIpc) is 3.09. The van der Waals surface area contributed by atoms with Crippen molar-refractivity contribution in [1.82, 2.24) is 14.8 Å². The highest BCUT2D eigenvalue weighted by Crippen LogP contribution is 2.34. The van der Waals surface area contributed by atoms with E-state index in [1.54, 1.807) is 0 Å². The van der Waals surface area contributed by atoms with Crippen molar-refractivity contribution in [1.29, 1.82) is 0 Å². The van der Waals surface area contributed by atoms with Gasteiger partial charge in [0.2, 0.25) is 11.8 Å². The van der Waals surface area contributed by atoms with Gasteiger partial charge in [0.1, 0.15) is 0 Å². The summed E-state index contributed by atoms with van der Waals surface area (Å²) >= 11 is 0. The van der Waals surface area contributed by atoms with E-state index in [9.17, 15) is 9.59 Å². The second-order valence-corrected chi connectivity index (χ2v) is 6.51. The van der Waals surface area contributed by atoms with Gasteiger partial charge in [-0.2, -0.15) is 0 Å². The van der Waals surface area contributed by atoms with Gasteiger partial charge < -0.3 is 14.8 Å². The number of carbonyl (C=O) groups excluding carboxylic acids is 2. The first-order valence-electron chi connectivity index (χ1n) is 8.51. The molecule has 1 aromatic carbocycles. The molecule has 0 aliphatic carbocycles. The Morgan fingerprint density at radius 3 is 2.71 bits per heavy atom. The van der Waals surface area contributed by atoms with Crippen LogP contribution in [0.15, 0.2) is 48.7 Å². The summed E-state index contributed by atoms with van der Waals surface area (Å²) in [7, 11) is 0. The highest BCUT2D eigenvalue weighted by molar-refractivity contribution is 5.87. The zero-order valence-corrected chi connectivity index (χ0v) is 13.5. The summed E-state index contributed by atoms with van der Waals surface area (Å²) < 4.78 is 2.22.